The van der Waals surface area contributed by atoms with Gasteiger partial charge in [0.2, 0.25) is 9.84 Å². The predicted octanol–water partition coefficient (Wildman–Crippen LogP) is 15.0. The molecular formula is C60H50N4O6S. The number of nitrogens with zero attached hydrogens (tertiary/aromatic N) is 4. The zero-order chi connectivity index (χ0) is 51.0. The summed E-state index contributed by atoms with van der Waals surface area (Å²) in [6, 6.07) is 62.3. The number of para-hydroxylation sites is 2. The molecule has 0 spiro atoms. The van der Waals surface area contributed by atoms with Crippen molar-refractivity contribution >= 4 is 21.2 Å². The third-order valence-corrected chi connectivity index (χ3v) is 13.6. The molecule has 11 heteroatoms. The van der Waals surface area contributed by atoms with Gasteiger partial charge in [0.05, 0.1) is 48.3 Å². The van der Waals surface area contributed by atoms with E-state index in [1.54, 1.807) is 111 Å². The van der Waals surface area contributed by atoms with Crippen molar-refractivity contribution in [3.8, 4) is 46.6 Å². The first kappa shape index (κ1) is 51.3. The van der Waals surface area contributed by atoms with Crippen LogP contribution in [0.2, 0.25) is 0 Å². The highest BCUT2D eigenvalue weighted by Gasteiger charge is 2.25. The minimum absolute atomic E-state index is 0.176. The largest absolute Gasteiger partial charge is 0.497 e. The Balaban J connectivity index is 0.000000340. The molecular weight excluding hydrogens is 905 g/mol. The Morgan fingerprint density at radius 3 is 0.915 bits per heavy atom. The van der Waals surface area contributed by atoms with Crippen molar-refractivity contribution in [2.24, 2.45) is 0 Å². The molecule has 0 aliphatic heterocycles. The van der Waals surface area contributed by atoms with Gasteiger partial charge in [0.25, 0.3) is 0 Å². The van der Waals surface area contributed by atoms with E-state index in [-0.39, 0.29) is 20.6 Å². The fourth-order valence-corrected chi connectivity index (χ4v) is 8.60. The molecule has 0 saturated heterocycles. The van der Waals surface area contributed by atoms with Gasteiger partial charge in [-0.05, 0) is 131 Å². The summed E-state index contributed by atoms with van der Waals surface area (Å²) in [6.45, 7) is 22.0. The smallest absolute Gasteiger partial charge is 0.206 e. The fourth-order valence-electron chi connectivity index (χ4n) is 7.34. The van der Waals surface area contributed by atoms with Crippen LogP contribution in [0.1, 0.15) is 61.1 Å². The van der Waals surface area contributed by atoms with Crippen LogP contribution >= 0.6 is 0 Å². The highest BCUT2D eigenvalue weighted by Crippen LogP contribution is 2.36. The number of hydrogen-bond donors (Lipinski definition) is 0. The van der Waals surface area contributed by atoms with Crippen LogP contribution in [0.4, 0.5) is 11.4 Å². The second kappa shape index (κ2) is 23.3. The van der Waals surface area contributed by atoms with Gasteiger partial charge in [0, 0.05) is 10.8 Å². The van der Waals surface area contributed by atoms with E-state index in [4.69, 9.17) is 42.6 Å². The normalized spacial score (nSPS) is 10.7. The van der Waals surface area contributed by atoms with Gasteiger partial charge in [0.15, 0.2) is 11.4 Å². The Kier molecular flexibility index (Phi) is 16.8. The summed E-state index contributed by atoms with van der Waals surface area (Å²) in [5.74, 6) is 4.04. The molecule has 8 rings (SSSR count). The Morgan fingerprint density at radius 2 is 0.662 bits per heavy atom. The van der Waals surface area contributed by atoms with Crippen molar-refractivity contribution in [1.82, 2.24) is 0 Å². The van der Waals surface area contributed by atoms with Gasteiger partial charge >= 0.3 is 0 Å². The fraction of sp³-hybridized carbons (Fsp3) is 0.133. The van der Waals surface area contributed by atoms with Crippen molar-refractivity contribution in [2.45, 2.75) is 48.3 Å². The van der Waals surface area contributed by atoms with Crippen LogP contribution in [0.5, 0.6) is 34.5 Å². The van der Waals surface area contributed by atoms with Crippen LogP contribution in [0.15, 0.2) is 204 Å². The van der Waals surface area contributed by atoms with Crippen LogP contribution in [0, 0.1) is 35.8 Å². The molecule has 0 aliphatic carbocycles. The van der Waals surface area contributed by atoms with Crippen LogP contribution in [0.25, 0.3) is 9.69 Å². The van der Waals surface area contributed by atoms with Crippen LogP contribution in [-0.4, -0.2) is 22.6 Å². The molecule has 71 heavy (non-hydrogen) atoms. The van der Waals surface area contributed by atoms with Crippen molar-refractivity contribution in [3.05, 3.63) is 250 Å². The summed E-state index contributed by atoms with van der Waals surface area (Å²) in [5.41, 5.74) is 5.92. The quantitative estimate of drug-likeness (QED) is 0.111. The summed E-state index contributed by atoms with van der Waals surface area (Å²) >= 11 is 0. The summed E-state index contributed by atoms with van der Waals surface area (Å²) < 4.78 is 49.6. The van der Waals surface area contributed by atoms with Crippen molar-refractivity contribution in [1.29, 1.82) is 10.5 Å². The van der Waals surface area contributed by atoms with Crippen molar-refractivity contribution in [2.75, 3.05) is 14.2 Å². The molecule has 8 aromatic carbocycles. The van der Waals surface area contributed by atoms with Crippen LogP contribution < -0.4 is 18.9 Å². The minimum Gasteiger partial charge on any atom is -0.497 e. The minimum atomic E-state index is -3.75. The molecule has 10 nitrogen and oxygen atoms in total. The average Bonchev–Trinajstić information content (AvgIpc) is 3.41. The van der Waals surface area contributed by atoms with E-state index in [9.17, 15) is 8.42 Å². The second-order valence-corrected chi connectivity index (χ2v) is 18.8. The third-order valence-electron chi connectivity index (χ3n) is 11.8. The first-order valence-corrected chi connectivity index (χ1v) is 23.7. The maximum absolute atomic E-state index is 13.4. The molecule has 0 fully saturated rings. The Labute approximate surface area is 416 Å². The molecule has 0 aliphatic rings. The number of nitriles is 2. The highest BCUT2D eigenvalue weighted by molar-refractivity contribution is 7.91. The van der Waals surface area contributed by atoms with Crippen molar-refractivity contribution < 1.29 is 27.4 Å². The molecule has 0 aromatic heterocycles. The standard InChI is InChI=1S/C44H42O6S.2C8H4N2/c1-43(2,31-7-15-35(47-5)16-8-31)33-11-19-37(20-12-33)49-39-23-27-41(28-24-39)51(45,46)42-29-25-40(26-30-42)50-38-21-13-34(14-22-38)44(3,4)32-9-17-36(48-6)18-10-32;1-9-7-5-3-4-6-8(7)10-2;9-5-7-3-1-2-4-8(7)6-10/h7-30H,1-6H3;3-6H;1-4H. The van der Waals surface area contributed by atoms with Gasteiger partial charge in [-0.2, -0.15) is 10.5 Å². The van der Waals surface area contributed by atoms with Crippen LogP contribution in [-0.2, 0) is 20.7 Å². The lowest BCUT2D eigenvalue weighted by molar-refractivity contribution is 0.414. The number of hydrogen-bond acceptors (Lipinski definition) is 8. The van der Waals surface area contributed by atoms with Gasteiger partial charge in [-0.25, -0.2) is 8.42 Å². The zero-order valence-electron chi connectivity index (χ0n) is 40.1. The molecule has 0 heterocycles. The van der Waals surface area contributed by atoms with Gasteiger partial charge < -0.3 is 18.9 Å². The molecule has 0 amide bonds. The van der Waals surface area contributed by atoms with Crippen LogP contribution in [0.3, 0.4) is 0 Å². The number of sulfone groups is 1. The van der Waals surface area contributed by atoms with Crippen molar-refractivity contribution in [3.63, 3.8) is 0 Å². The van der Waals surface area contributed by atoms with Gasteiger partial charge in [-0.3, -0.25) is 9.69 Å². The predicted molar refractivity (Wildman–Crippen MR) is 276 cm³/mol. The maximum Gasteiger partial charge on any atom is 0.206 e. The SMILES string of the molecule is COc1ccc(C(C)(C)c2ccc(Oc3ccc(S(=O)(=O)c4ccc(Oc5ccc(C(C)(C)c6ccc(OC)cc6)cc5)cc4)cc3)cc2)cc1.N#Cc1ccccc1C#N.[C-]#[N+]c1ccccc1[N+]#[C-]. The van der Waals surface area contributed by atoms with E-state index in [2.05, 4.69) is 61.7 Å². The summed E-state index contributed by atoms with van der Waals surface area (Å²) in [4.78, 5) is 6.71. The Hall–Kier alpha value is -9.13. The Bertz CT molecular complexity index is 3060. The Morgan fingerprint density at radius 1 is 0.408 bits per heavy atom. The lowest BCUT2D eigenvalue weighted by Gasteiger charge is -2.26. The monoisotopic (exact) mass is 954 g/mol. The lowest BCUT2D eigenvalue weighted by atomic mass is 9.78. The third kappa shape index (κ3) is 12.7. The molecule has 0 N–H and O–H groups in total. The maximum atomic E-state index is 13.4. The average molecular weight is 955 g/mol. The first-order chi connectivity index (χ1) is 34.2. The van der Waals surface area contributed by atoms with E-state index in [1.807, 2.05) is 84.9 Å². The summed E-state index contributed by atoms with van der Waals surface area (Å²) in [7, 11) is -0.430. The molecule has 0 radical (unpaired) electrons. The van der Waals surface area contributed by atoms with Gasteiger partial charge in [0.1, 0.15) is 46.6 Å². The molecule has 352 valence electrons. The summed E-state index contributed by atoms with van der Waals surface area (Å²) in [5, 5.41) is 16.9. The molecule has 0 unspecified atom stereocenters. The molecule has 0 atom stereocenters. The number of ether oxygens (including phenoxy) is 4. The zero-order valence-corrected chi connectivity index (χ0v) is 40.9. The topological polar surface area (TPSA) is 127 Å². The van der Waals surface area contributed by atoms with Gasteiger partial charge in [-0.1, -0.05) is 113 Å². The van der Waals surface area contributed by atoms with E-state index < -0.39 is 9.84 Å². The van der Waals surface area contributed by atoms with E-state index in [0.29, 0.717) is 45.5 Å². The summed E-state index contributed by atoms with van der Waals surface area (Å²) in [6.07, 6.45) is 0. The number of methoxy groups -OCH3 is 2. The number of rotatable bonds is 12. The number of benzene rings is 8. The first-order valence-electron chi connectivity index (χ1n) is 22.2. The van der Waals surface area contributed by atoms with E-state index in [1.165, 1.54) is 11.1 Å². The highest BCUT2D eigenvalue weighted by atomic mass is 32.2. The molecule has 8 aromatic rings. The van der Waals surface area contributed by atoms with Gasteiger partial charge in [-0.15, -0.1) is 0 Å². The molecule has 0 saturated carbocycles. The van der Waals surface area contributed by atoms with E-state index >= 15 is 0 Å². The van der Waals surface area contributed by atoms with E-state index in [0.717, 1.165) is 22.6 Å². The second-order valence-electron chi connectivity index (χ2n) is 16.9. The molecule has 0 bridgehead atoms. The lowest BCUT2D eigenvalue weighted by Crippen LogP contribution is -2.18.